The number of piperazine rings is 1. The third kappa shape index (κ3) is 5.47. The fourth-order valence-electron chi connectivity index (χ4n) is 5.45. The number of carbonyl (C=O) groups excluding carboxylic acids is 2. The SMILES string of the molecule is COc1cc2c(cc1OC(C)C)C(c1ccc(Cl)cc1)N(c1ccc([C@H](C)N3CCNCC3=O)cc1)C(=O)C2. The van der Waals surface area contributed by atoms with Crippen molar-refractivity contribution < 1.29 is 19.1 Å². The fraction of sp³-hybridized carbons (Fsp3) is 0.355. The van der Waals surface area contributed by atoms with Gasteiger partial charge in [0.15, 0.2) is 11.5 Å². The number of anilines is 1. The van der Waals surface area contributed by atoms with E-state index in [-0.39, 0.29) is 36.4 Å². The lowest BCUT2D eigenvalue weighted by atomic mass is 9.86. The Morgan fingerprint density at radius 3 is 2.31 bits per heavy atom. The third-order valence-corrected chi connectivity index (χ3v) is 7.64. The molecule has 0 saturated carbocycles. The van der Waals surface area contributed by atoms with Gasteiger partial charge in [-0.25, -0.2) is 0 Å². The first-order valence-electron chi connectivity index (χ1n) is 13.3. The van der Waals surface area contributed by atoms with Crippen LogP contribution in [0.25, 0.3) is 0 Å². The number of hydrogen-bond donors (Lipinski definition) is 1. The van der Waals surface area contributed by atoms with E-state index in [0.29, 0.717) is 29.6 Å². The van der Waals surface area contributed by atoms with Crippen LogP contribution in [0.3, 0.4) is 0 Å². The molecule has 7 nitrogen and oxygen atoms in total. The Labute approximate surface area is 234 Å². The summed E-state index contributed by atoms with van der Waals surface area (Å²) in [6.07, 6.45) is 0.204. The zero-order valence-electron chi connectivity index (χ0n) is 22.7. The summed E-state index contributed by atoms with van der Waals surface area (Å²) in [5, 5.41) is 3.75. The van der Waals surface area contributed by atoms with Gasteiger partial charge in [-0.3, -0.25) is 9.59 Å². The lowest BCUT2D eigenvalue weighted by Crippen LogP contribution is -2.48. The molecule has 1 unspecified atom stereocenters. The van der Waals surface area contributed by atoms with Crippen LogP contribution in [0.2, 0.25) is 5.02 Å². The number of carbonyl (C=O) groups is 2. The maximum Gasteiger partial charge on any atom is 0.237 e. The summed E-state index contributed by atoms with van der Waals surface area (Å²) >= 11 is 6.23. The molecule has 0 bridgehead atoms. The maximum absolute atomic E-state index is 13.7. The van der Waals surface area contributed by atoms with Gasteiger partial charge < -0.3 is 24.6 Å². The van der Waals surface area contributed by atoms with E-state index in [1.165, 1.54) is 0 Å². The molecule has 2 heterocycles. The van der Waals surface area contributed by atoms with E-state index >= 15 is 0 Å². The molecule has 2 aliphatic rings. The number of rotatable bonds is 7. The highest BCUT2D eigenvalue weighted by atomic mass is 35.5. The van der Waals surface area contributed by atoms with E-state index in [1.54, 1.807) is 7.11 Å². The molecule has 39 heavy (non-hydrogen) atoms. The molecule has 0 aliphatic carbocycles. The monoisotopic (exact) mass is 547 g/mol. The average Bonchev–Trinajstić information content (AvgIpc) is 2.92. The molecule has 3 aromatic carbocycles. The number of hydrogen-bond acceptors (Lipinski definition) is 5. The van der Waals surface area contributed by atoms with E-state index in [4.69, 9.17) is 21.1 Å². The lowest BCUT2D eigenvalue weighted by molar-refractivity contribution is -0.134. The van der Waals surface area contributed by atoms with Crippen molar-refractivity contribution in [3.05, 3.63) is 87.9 Å². The van der Waals surface area contributed by atoms with Crippen LogP contribution in [0.15, 0.2) is 60.7 Å². The van der Waals surface area contributed by atoms with Crippen LogP contribution < -0.4 is 19.7 Å². The molecular weight excluding hydrogens is 514 g/mol. The molecular formula is C31H34ClN3O4. The summed E-state index contributed by atoms with van der Waals surface area (Å²) in [6.45, 7) is 7.81. The molecule has 2 aliphatic heterocycles. The van der Waals surface area contributed by atoms with Crippen LogP contribution in [0.5, 0.6) is 11.5 Å². The van der Waals surface area contributed by atoms with Crippen LogP contribution in [-0.2, 0) is 16.0 Å². The Morgan fingerprint density at radius 2 is 1.67 bits per heavy atom. The summed E-state index contributed by atoms with van der Waals surface area (Å²) in [5.74, 6) is 1.34. The summed E-state index contributed by atoms with van der Waals surface area (Å²) in [5.41, 5.74) is 4.65. The Bertz CT molecular complexity index is 1360. The van der Waals surface area contributed by atoms with Gasteiger partial charge in [0.1, 0.15) is 0 Å². The van der Waals surface area contributed by atoms with Crippen molar-refractivity contribution >= 4 is 29.1 Å². The second-order valence-electron chi connectivity index (χ2n) is 10.3. The zero-order valence-corrected chi connectivity index (χ0v) is 23.5. The first kappa shape index (κ1) is 27.0. The number of methoxy groups -OCH3 is 1. The largest absolute Gasteiger partial charge is 0.493 e. The van der Waals surface area contributed by atoms with E-state index in [2.05, 4.69) is 5.32 Å². The Morgan fingerprint density at radius 1 is 0.949 bits per heavy atom. The topological polar surface area (TPSA) is 71.1 Å². The number of fused-ring (bicyclic) bond motifs is 1. The van der Waals surface area contributed by atoms with Gasteiger partial charge >= 0.3 is 0 Å². The van der Waals surface area contributed by atoms with Gasteiger partial charge in [0.05, 0.1) is 38.3 Å². The summed E-state index contributed by atoms with van der Waals surface area (Å²) in [7, 11) is 1.61. The number of nitrogens with zero attached hydrogens (tertiary/aromatic N) is 2. The zero-order chi connectivity index (χ0) is 27.7. The van der Waals surface area contributed by atoms with E-state index in [9.17, 15) is 9.59 Å². The highest BCUT2D eigenvalue weighted by Crippen LogP contribution is 2.44. The Hall–Kier alpha value is -3.55. The molecule has 1 saturated heterocycles. The second kappa shape index (κ2) is 11.3. The van der Waals surface area contributed by atoms with E-state index in [1.807, 2.05) is 91.2 Å². The average molecular weight is 548 g/mol. The van der Waals surface area contributed by atoms with Gasteiger partial charge in [-0.15, -0.1) is 0 Å². The van der Waals surface area contributed by atoms with Crippen molar-refractivity contribution in [2.75, 3.05) is 31.6 Å². The predicted molar refractivity (Wildman–Crippen MR) is 153 cm³/mol. The molecule has 204 valence electrons. The number of ether oxygens (including phenoxy) is 2. The fourth-order valence-corrected chi connectivity index (χ4v) is 5.58. The molecule has 2 amide bonds. The number of nitrogens with one attached hydrogen (secondary N) is 1. The smallest absolute Gasteiger partial charge is 0.237 e. The quantitative estimate of drug-likeness (QED) is 0.434. The van der Waals surface area contributed by atoms with Gasteiger partial charge in [-0.2, -0.15) is 0 Å². The van der Waals surface area contributed by atoms with Crippen molar-refractivity contribution in [3.63, 3.8) is 0 Å². The van der Waals surface area contributed by atoms with Crippen LogP contribution >= 0.6 is 11.6 Å². The van der Waals surface area contributed by atoms with Gasteiger partial charge in [-0.1, -0.05) is 35.9 Å². The number of amides is 2. The molecule has 1 N–H and O–H groups in total. The Kier molecular flexibility index (Phi) is 7.82. The van der Waals surface area contributed by atoms with Crippen LogP contribution in [0.1, 0.15) is 55.1 Å². The standard InChI is InChI=1S/C31H34ClN3O4/c1-19(2)39-28-17-26-23(15-27(28)38-4)16-29(36)35(31(26)22-5-9-24(32)10-6-22)25-11-7-21(8-12-25)20(3)34-14-13-33-18-30(34)37/h5-12,15,17,19-20,31,33H,13-14,16,18H2,1-4H3/t20-,31?/m0/s1. The molecule has 0 spiro atoms. The minimum absolute atomic E-state index is 0.0138. The first-order chi connectivity index (χ1) is 18.8. The highest BCUT2D eigenvalue weighted by molar-refractivity contribution is 6.30. The minimum Gasteiger partial charge on any atom is -0.493 e. The first-order valence-corrected chi connectivity index (χ1v) is 13.7. The van der Waals surface area contributed by atoms with Crippen LogP contribution in [0.4, 0.5) is 5.69 Å². The van der Waals surface area contributed by atoms with Gasteiger partial charge in [0.25, 0.3) is 0 Å². The maximum atomic E-state index is 13.7. The predicted octanol–water partition coefficient (Wildman–Crippen LogP) is 5.31. The lowest BCUT2D eigenvalue weighted by Gasteiger charge is -2.38. The molecule has 0 aromatic heterocycles. The molecule has 8 heteroatoms. The van der Waals surface area contributed by atoms with Crippen molar-refractivity contribution in [1.29, 1.82) is 0 Å². The van der Waals surface area contributed by atoms with Crippen molar-refractivity contribution in [3.8, 4) is 11.5 Å². The second-order valence-corrected chi connectivity index (χ2v) is 10.7. The van der Waals surface area contributed by atoms with Crippen molar-refractivity contribution in [1.82, 2.24) is 10.2 Å². The minimum atomic E-state index is -0.378. The van der Waals surface area contributed by atoms with E-state index in [0.717, 1.165) is 34.5 Å². The third-order valence-electron chi connectivity index (χ3n) is 7.38. The Balaban J connectivity index is 1.56. The van der Waals surface area contributed by atoms with Gasteiger partial charge in [0, 0.05) is 23.8 Å². The normalized spacial score (nSPS) is 18.3. The molecule has 2 atom stereocenters. The van der Waals surface area contributed by atoms with Gasteiger partial charge in [0.2, 0.25) is 11.8 Å². The van der Waals surface area contributed by atoms with Crippen LogP contribution in [-0.4, -0.2) is 49.6 Å². The number of halogens is 1. The molecule has 5 rings (SSSR count). The van der Waals surface area contributed by atoms with Crippen molar-refractivity contribution in [2.24, 2.45) is 0 Å². The molecule has 0 radical (unpaired) electrons. The number of benzene rings is 3. The molecule has 3 aromatic rings. The van der Waals surface area contributed by atoms with Gasteiger partial charge in [-0.05, 0) is 79.4 Å². The van der Waals surface area contributed by atoms with Crippen molar-refractivity contribution in [2.45, 2.75) is 45.4 Å². The van der Waals surface area contributed by atoms with Crippen LogP contribution in [0, 0.1) is 0 Å². The summed E-state index contributed by atoms with van der Waals surface area (Å²) in [6, 6.07) is 19.1. The molecule has 1 fully saturated rings. The van der Waals surface area contributed by atoms with E-state index < -0.39 is 0 Å². The summed E-state index contributed by atoms with van der Waals surface area (Å²) in [4.78, 5) is 29.9. The summed E-state index contributed by atoms with van der Waals surface area (Å²) < 4.78 is 11.7. The highest BCUT2D eigenvalue weighted by Gasteiger charge is 2.36.